The third-order valence-electron chi connectivity index (χ3n) is 4.09. The Morgan fingerprint density at radius 1 is 1.12 bits per heavy atom. The van der Waals surface area contributed by atoms with E-state index in [-0.39, 0.29) is 0 Å². The summed E-state index contributed by atoms with van der Waals surface area (Å²) in [6, 6.07) is 8.60. The van der Waals surface area contributed by atoms with Crippen molar-refractivity contribution in [3.05, 3.63) is 35.4 Å². The molecule has 1 aromatic carbocycles. The fraction of sp³-hybridized carbons (Fsp3) is 0.529. The standard InChI is InChI=1S/C17H22/c1-3-5-15-8-12-17(13-9-15)16-10-6-14(4-2)7-11-16/h2,6-7,10-11,15,17H,3,5,8-9,12-13H2,1H3/t15-,17-. The second kappa shape index (κ2) is 5.92. The van der Waals surface area contributed by atoms with Gasteiger partial charge in [-0.25, -0.2) is 0 Å². The van der Waals surface area contributed by atoms with Crippen LogP contribution in [0.25, 0.3) is 0 Å². The molecule has 1 aromatic rings. The summed E-state index contributed by atoms with van der Waals surface area (Å²) in [5.41, 5.74) is 2.48. The van der Waals surface area contributed by atoms with E-state index in [1.165, 1.54) is 44.1 Å². The molecule has 1 fully saturated rings. The molecule has 1 aliphatic rings. The van der Waals surface area contributed by atoms with Crippen molar-refractivity contribution in [1.29, 1.82) is 0 Å². The molecule has 0 heterocycles. The fourth-order valence-electron chi connectivity index (χ4n) is 3.04. The molecule has 0 radical (unpaired) electrons. The van der Waals surface area contributed by atoms with Gasteiger partial charge in [0, 0.05) is 5.56 Å². The van der Waals surface area contributed by atoms with Crippen LogP contribution in [0.4, 0.5) is 0 Å². The molecular formula is C17H22. The van der Waals surface area contributed by atoms with E-state index >= 15 is 0 Å². The molecule has 0 bridgehead atoms. The molecular weight excluding hydrogens is 204 g/mol. The highest BCUT2D eigenvalue weighted by Crippen LogP contribution is 2.37. The van der Waals surface area contributed by atoms with Crippen LogP contribution >= 0.6 is 0 Å². The van der Waals surface area contributed by atoms with Crippen LogP contribution in [0.15, 0.2) is 24.3 Å². The SMILES string of the molecule is C#Cc1ccc([C@H]2CC[C@H](CCC)CC2)cc1. The molecule has 0 saturated heterocycles. The van der Waals surface area contributed by atoms with Gasteiger partial charge in [-0.1, -0.05) is 37.8 Å². The summed E-state index contributed by atoms with van der Waals surface area (Å²) in [7, 11) is 0. The molecule has 0 aliphatic heterocycles. The van der Waals surface area contributed by atoms with Crippen LogP contribution in [0.2, 0.25) is 0 Å². The van der Waals surface area contributed by atoms with Crippen LogP contribution in [0, 0.1) is 18.3 Å². The Kier molecular flexibility index (Phi) is 4.26. The number of hydrogen-bond donors (Lipinski definition) is 0. The Morgan fingerprint density at radius 2 is 1.76 bits per heavy atom. The first-order chi connectivity index (χ1) is 8.33. The maximum Gasteiger partial charge on any atom is 0.0242 e. The average molecular weight is 226 g/mol. The van der Waals surface area contributed by atoms with Crippen molar-refractivity contribution < 1.29 is 0 Å². The molecule has 1 aliphatic carbocycles. The first-order valence-corrected chi connectivity index (χ1v) is 6.90. The smallest absolute Gasteiger partial charge is 0.0242 e. The topological polar surface area (TPSA) is 0 Å². The third-order valence-corrected chi connectivity index (χ3v) is 4.09. The molecule has 0 N–H and O–H groups in total. The van der Waals surface area contributed by atoms with Crippen LogP contribution in [0.5, 0.6) is 0 Å². The van der Waals surface area contributed by atoms with Crippen molar-refractivity contribution in [2.75, 3.05) is 0 Å². The molecule has 0 spiro atoms. The minimum absolute atomic E-state index is 0.773. The van der Waals surface area contributed by atoms with E-state index in [2.05, 4.69) is 37.1 Å². The van der Waals surface area contributed by atoms with Gasteiger partial charge in [0.2, 0.25) is 0 Å². The maximum absolute atomic E-state index is 5.38. The summed E-state index contributed by atoms with van der Waals surface area (Å²) in [5.74, 6) is 4.44. The van der Waals surface area contributed by atoms with Crippen LogP contribution in [-0.4, -0.2) is 0 Å². The van der Waals surface area contributed by atoms with Crippen molar-refractivity contribution in [2.45, 2.75) is 51.4 Å². The molecule has 1 saturated carbocycles. The molecule has 0 amide bonds. The van der Waals surface area contributed by atoms with Gasteiger partial charge in [0.1, 0.15) is 0 Å². The zero-order chi connectivity index (χ0) is 12.1. The molecule has 0 unspecified atom stereocenters. The first kappa shape index (κ1) is 12.2. The zero-order valence-electron chi connectivity index (χ0n) is 10.8. The maximum atomic E-state index is 5.38. The van der Waals surface area contributed by atoms with Gasteiger partial charge in [-0.3, -0.25) is 0 Å². The van der Waals surface area contributed by atoms with E-state index in [1.54, 1.807) is 0 Å². The minimum atomic E-state index is 0.773. The highest BCUT2D eigenvalue weighted by atomic mass is 14.3. The molecule has 0 atom stereocenters. The summed E-state index contributed by atoms with van der Waals surface area (Å²) < 4.78 is 0. The predicted molar refractivity (Wildman–Crippen MR) is 74.0 cm³/mol. The third kappa shape index (κ3) is 3.13. The van der Waals surface area contributed by atoms with E-state index in [9.17, 15) is 0 Å². The Bertz CT molecular complexity index is 371. The summed E-state index contributed by atoms with van der Waals surface area (Å²) in [5, 5.41) is 0. The quantitative estimate of drug-likeness (QED) is 0.653. The zero-order valence-corrected chi connectivity index (χ0v) is 10.8. The van der Waals surface area contributed by atoms with Gasteiger partial charge in [0.25, 0.3) is 0 Å². The lowest BCUT2D eigenvalue weighted by molar-refractivity contribution is 0.308. The lowest BCUT2D eigenvalue weighted by Crippen LogP contribution is -2.13. The van der Waals surface area contributed by atoms with Gasteiger partial charge in [-0.15, -0.1) is 6.42 Å². The first-order valence-electron chi connectivity index (χ1n) is 6.90. The number of rotatable bonds is 3. The Hall–Kier alpha value is -1.22. The van der Waals surface area contributed by atoms with Crippen molar-refractivity contribution >= 4 is 0 Å². The van der Waals surface area contributed by atoms with Crippen LogP contribution in [-0.2, 0) is 0 Å². The molecule has 0 nitrogen and oxygen atoms in total. The summed E-state index contributed by atoms with van der Waals surface area (Å²) in [4.78, 5) is 0. The van der Waals surface area contributed by atoms with E-state index in [4.69, 9.17) is 6.42 Å². The predicted octanol–water partition coefficient (Wildman–Crippen LogP) is 4.74. The summed E-state index contributed by atoms with van der Waals surface area (Å²) >= 11 is 0. The van der Waals surface area contributed by atoms with Gasteiger partial charge < -0.3 is 0 Å². The average Bonchev–Trinajstić information content (AvgIpc) is 2.40. The highest BCUT2D eigenvalue weighted by molar-refractivity contribution is 5.35. The van der Waals surface area contributed by atoms with Crippen molar-refractivity contribution in [3.63, 3.8) is 0 Å². The monoisotopic (exact) mass is 226 g/mol. The van der Waals surface area contributed by atoms with Gasteiger partial charge in [-0.05, 0) is 55.2 Å². The Morgan fingerprint density at radius 3 is 2.29 bits per heavy atom. The van der Waals surface area contributed by atoms with Gasteiger partial charge in [0.05, 0.1) is 0 Å². The number of terminal acetylenes is 1. The fourth-order valence-corrected chi connectivity index (χ4v) is 3.04. The largest absolute Gasteiger partial charge is 0.115 e. The van der Waals surface area contributed by atoms with Crippen molar-refractivity contribution in [2.24, 2.45) is 5.92 Å². The van der Waals surface area contributed by atoms with E-state index < -0.39 is 0 Å². The van der Waals surface area contributed by atoms with Crippen LogP contribution < -0.4 is 0 Å². The Balaban J connectivity index is 1.94. The van der Waals surface area contributed by atoms with E-state index in [1.807, 2.05) is 0 Å². The summed E-state index contributed by atoms with van der Waals surface area (Å²) in [6.45, 7) is 2.30. The van der Waals surface area contributed by atoms with Crippen LogP contribution in [0.3, 0.4) is 0 Å². The second-order valence-corrected chi connectivity index (χ2v) is 5.27. The Labute approximate surface area is 105 Å². The number of hydrogen-bond acceptors (Lipinski definition) is 0. The van der Waals surface area contributed by atoms with Gasteiger partial charge in [-0.2, -0.15) is 0 Å². The molecule has 90 valence electrons. The molecule has 17 heavy (non-hydrogen) atoms. The lowest BCUT2D eigenvalue weighted by Gasteiger charge is -2.28. The minimum Gasteiger partial charge on any atom is -0.115 e. The van der Waals surface area contributed by atoms with Crippen molar-refractivity contribution in [1.82, 2.24) is 0 Å². The lowest BCUT2D eigenvalue weighted by atomic mass is 9.77. The summed E-state index contributed by atoms with van der Waals surface area (Å²) in [6.07, 6.45) is 13.7. The van der Waals surface area contributed by atoms with E-state index in [0.717, 1.165) is 17.4 Å². The van der Waals surface area contributed by atoms with Gasteiger partial charge >= 0.3 is 0 Å². The second-order valence-electron chi connectivity index (χ2n) is 5.27. The highest BCUT2D eigenvalue weighted by Gasteiger charge is 2.21. The molecule has 2 rings (SSSR count). The van der Waals surface area contributed by atoms with Crippen LogP contribution in [0.1, 0.15) is 62.5 Å². The molecule has 0 aromatic heterocycles. The normalized spacial score (nSPS) is 24.2. The van der Waals surface area contributed by atoms with E-state index in [0.29, 0.717) is 0 Å². The molecule has 0 heteroatoms. The van der Waals surface area contributed by atoms with Gasteiger partial charge in [0.15, 0.2) is 0 Å². The van der Waals surface area contributed by atoms with Crippen molar-refractivity contribution in [3.8, 4) is 12.3 Å². The number of benzene rings is 1.